The van der Waals surface area contributed by atoms with Crippen LogP contribution in [0.2, 0.25) is 0 Å². The maximum absolute atomic E-state index is 11.3. The van der Waals surface area contributed by atoms with Crippen molar-refractivity contribution in [2.75, 3.05) is 6.26 Å². The second-order valence-electron chi connectivity index (χ2n) is 3.56. The van der Waals surface area contributed by atoms with Crippen LogP contribution in [0.15, 0.2) is 11.1 Å². The zero-order valence-corrected chi connectivity index (χ0v) is 8.50. The highest BCUT2D eigenvalue weighted by atomic mass is 32.2. The topological polar surface area (TPSA) is 52.0 Å². The lowest BCUT2D eigenvalue weighted by Gasteiger charge is -1.93. The number of sulfone groups is 1. The van der Waals surface area contributed by atoms with Gasteiger partial charge in [0.05, 0.1) is 11.7 Å². The smallest absolute Gasteiger partial charge is 0.178 e. The van der Waals surface area contributed by atoms with Crippen molar-refractivity contribution in [2.45, 2.75) is 30.7 Å². The summed E-state index contributed by atoms with van der Waals surface area (Å²) in [7, 11) is -3.10. The van der Waals surface area contributed by atoms with E-state index in [9.17, 15) is 8.42 Å². The molecule has 1 aliphatic rings. The van der Waals surface area contributed by atoms with Gasteiger partial charge in [0.1, 0.15) is 4.90 Å². The van der Waals surface area contributed by atoms with Crippen LogP contribution in [0.1, 0.15) is 24.6 Å². The van der Waals surface area contributed by atoms with Crippen LogP contribution in [0.3, 0.4) is 0 Å². The average molecular weight is 200 g/mol. The molecule has 0 atom stereocenters. The minimum absolute atomic E-state index is 0.361. The first-order chi connectivity index (χ1) is 5.98. The quantitative estimate of drug-likeness (QED) is 0.713. The monoisotopic (exact) mass is 200 g/mol. The molecule has 5 heteroatoms. The lowest BCUT2D eigenvalue weighted by molar-refractivity contribution is 0.600. The van der Waals surface area contributed by atoms with Crippen molar-refractivity contribution < 1.29 is 8.42 Å². The van der Waals surface area contributed by atoms with Crippen molar-refractivity contribution in [3.63, 3.8) is 0 Å². The highest BCUT2D eigenvalue weighted by Gasteiger charge is 2.26. The Labute approximate surface area is 77.5 Å². The predicted octanol–water partition coefficient (Wildman–Crippen LogP) is 0.930. The Morgan fingerprint density at radius 3 is 2.54 bits per heavy atom. The molecule has 13 heavy (non-hydrogen) atoms. The molecule has 4 nitrogen and oxygen atoms in total. The van der Waals surface area contributed by atoms with Crippen molar-refractivity contribution in [3.8, 4) is 0 Å². The molecule has 72 valence electrons. The van der Waals surface area contributed by atoms with Crippen LogP contribution in [0.5, 0.6) is 0 Å². The van der Waals surface area contributed by atoms with E-state index < -0.39 is 9.84 Å². The maximum Gasteiger partial charge on any atom is 0.178 e. The molecular weight excluding hydrogens is 188 g/mol. The Morgan fingerprint density at radius 1 is 1.54 bits per heavy atom. The van der Waals surface area contributed by atoms with E-state index in [4.69, 9.17) is 0 Å². The molecule has 0 aromatic carbocycles. The molecule has 1 fully saturated rings. The molecule has 0 aliphatic heterocycles. The zero-order chi connectivity index (χ0) is 9.64. The molecule has 0 amide bonds. The lowest BCUT2D eigenvalue weighted by Crippen LogP contribution is -1.97. The van der Waals surface area contributed by atoms with Crippen molar-refractivity contribution >= 4 is 9.84 Å². The van der Waals surface area contributed by atoms with Crippen LogP contribution < -0.4 is 0 Å². The largest absolute Gasteiger partial charge is 0.268 e. The van der Waals surface area contributed by atoms with Gasteiger partial charge in [0.15, 0.2) is 9.84 Å². The first kappa shape index (κ1) is 8.74. The number of nitrogens with zero attached hydrogens (tertiary/aromatic N) is 2. The molecule has 0 N–H and O–H groups in total. The summed E-state index contributed by atoms with van der Waals surface area (Å²) in [4.78, 5) is 0.361. The zero-order valence-electron chi connectivity index (χ0n) is 7.69. The fourth-order valence-corrected chi connectivity index (χ4v) is 2.23. The molecule has 0 radical (unpaired) electrons. The molecule has 1 aliphatic carbocycles. The molecule has 1 aromatic rings. The van der Waals surface area contributed by atoms with Gasteiger partial charge in [0, 0.05) is 12.5 Å². The first-order valence-corrected chi connectivity index (χ1v) is 6.13. The molecule has 0 unspecified atom stereocenters. The molecule has 0 saturated heterocycles. The second kappa shape index (κ2) is 2.57. The van der Waals surface area contributed by atoms with Crippen LogP contribution >= 0.6 is 0 Å². The summed E-state index contributed by atoms with van der Waals surface area (Å²) in [6.45, 7) is 1.73. The molecular formula is C8H12N2O2S. The summed E-state index contributed by atoms with van der Waals surface area (Å²) in [5, 5.41) is 4.18. The van der Waals surface area contributed by atoms with Crippen molar-refractivity contribution in [1.82, 2.24) is 9.78 Å². The molecule has 2 rings (SSSR count). The van der Waals surface area contributed by atoms with Gasteiger partial charge in [-0.15, -0.1) is 0 Å². The summed E-state index contributed by atoms with van der Waals surface area (Å²) in [5.74, 6) is 0. The Bertz CT molecular complexity index is 429. The van der Waals surface area contributed by atoms with E-state index in [1.165, 1.54) is 6.26 Å². The number of aromatic nitrogens is 2. The van der Waals surface area contributed by atoms with Crippen LogP contribution in [0.4, 0.5) is 0 Å². The third-order valence-corrected chi connectivity index (χ3v) is 3.39. The van der Waals surface area contributed by atoms with Crippen molar-refractivity contribution in [2.24, 2.45) is 0 Å². The van der Waals surface area contributed by atoms with Crippen molar-refractivity contribution in [1.29, 1.82) is 0 Å². The van der Waals surface area contributed by atoms with Crippen LogP contribution in [-0.4, -0.2) is 24.5 Å². The highest BCUT2D eigenvalue weighted by molar-refractivity contribution is 7.90. The lowest BCUT2D eigenvalue weighted by atomic mass is 10.5. The van der Waals surface area contributed by atoms with Gasteiger partial charge in [-0.05, 0) is 19.8 Å². The maximum atomic E-state index is 11.3. The van der Waals surface area contributed by atoms with E-state index in [1.54, 1.807) is 17.8 Å². The SMILES string of the molecule is Cc1nn(C2CC2)cc1S(C)(=O)=O. The predicted molar refractivity (Wildman–Crippen MR) is 48.3 cm³/mol. The molecule has 1 heterocycles. The average Bonchev–Trinajstić information content (AvgIpc) is 2.73. The molecule has 1 aromatic heterocycles. The summed E-state index contributed by atoms with van der Waals surface area (Å²) in [5.41, 5.74) is 0.606. The van der Waals surface area contributed by atoms with Gasteiger partial charge in [0.25, 0.3) is 0 Å². The van der Waals surface area contributed by atoms with Gasteiger partial charge in [0.2, 0.25) is 0 Å². The third kappa shape index (κ3) is 1.60. The highest BCUT2D eigenvalue weighted by Crippen LogP contribution is 2.35. The number of aryl methyl sites for hydroxylation is 1. The molecule has 0 spiro atoms. The Balaban J connectivity index is 2.47. The minimum atomic E-state index is -3.10. The Morgan fingerprint density at radius 2 is 2.15 bits per heavy atom. The summed E-state index contributed by atoms with van der Waals surface area (Å²) < 4.78 is 24.3. The third-order valence-electron chi connectivity index (χ3n) is 2.19. The van der Waals surface area contributed by atoms with E-state index in [1.807, 2.05) is 0 Å². The molecule has 1 saturated carbocycles. The summed E-state index contributed by atoms with van der Waals surface area (Å²) in [6.07, 6.45) is 5.09. The molecule has 0 bridgehead atoms. The van der Waals surface area contributed by atoms with Crippen LogP contribution in [0.25, 0.3) is 0 Å². The van der Waals surface area contributed by atoms with Crippen LogP contribution in [-0.2, 0) is 9.84 Å². The minimum Gasteiger partial charge on any atom is -0.268 e. The first-order valence-electron chi connectivity index (χ1n) is 4.24. The normalized spacial score (nSPS) is 17.7. The van der Waals surface area contributed by atoms with E-state index in [-0.39, 0.29) is 0 Å². The van der Waals surface area contributed by atoms with Gasteiger partial charge in [-0.3, -0.25) is 4.68 Å². The van der Waals surface area contributed by atoms with Gasteiger partial charge in [-0.1, -0.05) is 0 Å². The van der Waals surface area contributed by atoms with Gasteiger partial charge >= 0.3 is 0 Å². The van der Waals surface area contributed by atoms with E-state index in [2.05, 4.69) is 5.10 Å². The Hall–Kier alpha value is -0.840. The van der Waals surface area contributed by atoms with Crippen LogP contribution in [0, 0.1) is 6.92 Å². The van der Waals surface area contributed by atoms with E-state index in [0.717, 1.165) is 12.8 Å². The van der Waals surface area contributed by atoms with Gasteiger partial charge in [-0.2, -0.15) is 5.10 Å². The summed E-state index contributed by atoms with van der Waals surface area (Å²) >= 11 is 0. The Kier molecular flexibility index (Phi) is 1.73. The second-order valence-corrected chi connectivity index (χ2v) is 5.55. The van der Waals surface area contributed by atoms with E-state index >= 15 is 0 Å². The van der Waals surface area contributed by atoms with Gasteiger partial charge < -0.3 is 0 Å². The van der Waals surface area contributed by atoms with E-state index in [0.29, 0.717) is 16.6 Å². The van der Waals surface area contributed by atoms with Gasteiger partial charge in [-0.25, -0.2) is 8.42 Å². The summed E-state index contributed by atoms with van der Waals surface area (Å²) in [6, 6.07) is 0.439. The number of hydrogen-bond donors (Lipinski definition) is 0. The fraction of sp³-hybridized carbons (Fsp3) is 0.625. The number of rotatable bonds is 2. The number of hydrogen-bond acceptors (Lipinski definition) is 3. The van der Waals surface area contributed by atoms with Crippen molar-refractivity contribution in [3.05, 3.63) is 11.9 Å². The fourth-order valence-electron chi connectivity index (χ4n) is 1.36. The standard InChI is InChI=1S/C8H12N2O2S/c1-6-8(13(2,11)12)5-10(9-6)7-3-4-7/h5,7H,3-4H2,1-2H3.